The number of carboxylic acids is 1. The van der Waals surface area contributed by atoms with Gasteiger partial charge in [-0.2, -0.15) is 0 Å². The van der Waals surface area contributed by atoms with E-state index in [2.05, 4.69) is 0 Å². The van der Waals surface area contributed by atoms with Gasteiger partial charge in [0.15, 0.2) is 6.61 Å². The number of hydrogen-bond acceptors (Lipinski definition) is 5. The number of aliphatic carboxylic acids is 1. The number of alkyl halides is 1. The van der Waals surface area contributed by atoms with E-state index in [4.69, 9.17) is 14.3 Å². The molecule has 33 heavy (non-hydrogen) atoms. The van der Waals surface area contributed by atoms with Crippen LogP contribution in [0.1, 0.15) is 23.6 Å². The van der Waals surface area contributed by atoms with Crippen LogP contribution in [0.3, 0.4) is 0 Å². The summed E-state index contributed by atoms with van der Waals surface area (Å²) in [5.74, 6) is -0.737. The molecule has 0 saturated carbocycles. The third-order valence-corrected chi connectivity index (χ3v) is 6.04. The Morgan fingerprint density at radius 2 is 2.09 bits per heavy atom. The number of carbonyl (C=O) groups is 2. The van der Waals surface area contributed by atoms with E-state index in [1.54, 1.807) is 36.4 Å². The van der Waals surface area contributed by atoms with E-state index in [1.807, 2.05) is 35.2 Å². The number of carboxylic acid groups (broad SMARTS) is 1. The van der Waals surface area contributed by atoms with Gasteiger partial charge in [0.05, 0.1) is 18.7 Å². The molecular weight excluding hydrogens is 427 g/mol. The summed E-state index contributed by atoms with van der Waals surface area (Å²) in [6, 6.07) is 14.2. The van der Waals surface area contributed by atoms with Gasteiger partial charge >= 0.3 is 5.97 Å². The Bertz CT molecular complexity index is 1130. The SMILES string of the molecule is CN(C(=O)Cc1cccc2occc12)[C@H](CN1CC[C@H](F)C1)c1cccc(OCC(=O)O)c1. The molecule has 1 saturated heterocycles. The van der Waals surface area contributed by atoms with Crippen LogP contribution in [0.15, 0.2) is 59.2 Å². The molecule has 7 nitrogen and oxygen atoms in total. The average Bonchev–Trinajstić information content (AvgIpc) is 3.45. The molecule has 1 aliphatic heterocycles. The third-order valence-electron chi connectivity index (χ3n) is 6.04. The predicted molar refractivity (Wildman–Crippen MR) is 121 cm³/mol. The first-order valence-corrected chi connectivity index (χ1v) is 10.9. The first-order valence-electron chi connectivity index (χ1n) is 10.9. The Morgan fingerprint density at radius 3 is 2.85 bits per heavy atom. The Balaban J connectivity index is 1.57. The molecule has 2 heterocycles. The van der Waals surface area contributed by atoms with Crippen molar-refractivity contribution in [2.24, 2.45) is 0 Å². The van der Waals surface area contributed by atoms with Crippen LogP contribution in [-0.2, 0) is 16.0 Å². The fourth-order valence-corrected chi connectivity index (χ4v) is 4.28. The molecule has 1 aromatic heterocycles. The minimum Gasteiger partial charge on any atom is -0.482 e. The van der Waals surface area contributed by atoms with E-state index in [0.29, 0.717) is 31.8 Å². The van der Waals surface area contributed by atoms with Crippen molar-refractivity contribution in [1.82, 2.24) is 9.80 Å². The highest BCUT2D eigenvalue weighted by atomic mass is 19.1. The summed E-state index contributed by atoms with van der Waals surface area (Å²) >= 11 is 0. The largest absolute Gasteiger partial charge is 0.482 e. The second kappa shape index (κ2) is 10.0. The molecule has 0 bridgehead atoms. The highest BCUT2D eigenvalue weighted by molar-refractivity contribution is 5.87. The number of amides is 1. The minimum atomic E-state index is -1.07. The fraction of sp³-hybridized carbons (Fsp3) is 0.360. The summed E-state index contributed by atoms with van der Waals surface area (Å²) in [4.78, 5) is 27.9. The van der Waals surface area contributed by atoms with Gasteiger partial charge < -0.3 is 19.2 Å². The van der Waals surface area contributed by atoms with Gasteiger partial charge in [-0.1, -0.05) is 24.3 Å². The Hall–Kier alpha value is -3.39. The molecule has 4 rings (SSSR count). The lowest BCUT2D eigenvalue weighted by Crippen LogP contribution is -2.39. The number of ether oxygens (including phenoxy) is 1. The predicted octanol–water partition coefficient (Wildman–Crippen LogP) is 3.68. The minimum absolute atomic E-state index is 0.0819. The van der Waals surface area contributed by atoms with Crippen LogP contribution in [-0.4, -0.2) is 66.2 Å². The maximum Gasteiger partial charge on any atom is 0.341 e. The van der Waals surface area contributed by atoms with Crippen LogP contribution in [0.25, 0.3) is 11.0 Å². The number of rotatable bonds is 9. The molecule has 3 aromatic rings. The summed E-state index contributed by atoms with van der Waals surface area (Å²) in [6.07, 6.45) is 1.42. The van der Waals surface area contributed by atoms with Gasteiger partial charge in [-0.05, 0) is 41.8 Å². The molecule has 1 aliphatic rings. The van der Waals surface area contributed by atoms with Crippen molar-refractivity contribution < 1.29 is 28.2 Å². The van der Waals surface area contributed by atoms with Crippen LogP contribution in [0.4, 0.5) is 4.39 Å². The van der Waals surface area contributed by atoms with E-state index >= 15 is 0 Å². The normalized spacial score (nSPS) is 17.2. The number of fused-ring (bicyclic) bond motifs is 1. The van der Waals surface area contributed by atoms with Gasteiger partial charge in [0.2, 0.25) is 5.91 Å². The number of likely N-dealkylation sites (tertiary alicyclic amines) is 1. The first-order chi connectivity index (χ1) is 15.9. The van der Waals surface area contributed by atoms with Gasteiger partial charge in [0.25, 0.3) is 0 Å². The zero-order chi connectivity index (χ0) is 23.4. The van der Waals surface area contributed by atoms with Gasteiger partial charge in [-0.25, -0.2) is 9.18 Å². The van der Waals surface area contributed by atoms with E-state index in [9.17, 15) is 14.0 Å². The molecule has 2 atom stereocenters. The van der Waals surface area contributed by atoms with Crippen LogP contribution < -0.4 is 4.74 Å². The fourth-order valence-electron chi connectivity index (χ4n) is 4.28. The lowest BCUT2D eigenvalue weighted by Gasteiger charge is -2.32. The standard InChI is InChI=1S/C25H27FN2O5/c1-27(24(29)13-17-4-3-7-23-21(17)9-11-32-23)22(15-28-10-8-19(26)14-28)18-5-2-6-20(12-18)33-16-25(30)31/h2-7,9,11-12,19,22H,8,10,13-16H2,1H3,(H,30,31)/t19-,22+/m0/s1. The van der Waals surface area contributed by atoms with Crippen molar-refractivity contribution in [2.75, 3.05) is 33.3 Å². The van der Waals surface area contributed by atoms with Crippen LogP contribution in [0, 0.1) is 0 Å². The molecule has 0 unspecified atom stereocenters. The average molecular weight is 454 g/mol. The number of carbonyl (C=O) groups excluding carboxylic acids is 1. The number of furan rings is 1. The second-order valence-electron chi connectivity index (χ2n) is 8.35. The van der Waals surface area contributed by atoms with Gasteiger partial charge in [0, 0.05) is 32.1 Å². The summed E-state index contributed by atoms with van der Waals surface area (Å²) in [7, 11) is 1.75. The number of nitrogens with zero attached hydrogens (tertiary/aromatic N) is 2. The molecule has 1 amide bonds. The molecule has 174 valence electrons. The van der Waals surface area contributed by atoms with Crippen molar-refractivity contribution >= 4 is 22.8 Å². The quantitative estimate of drug-likeness (QED) is 0.531. The van der Waals surface area contributed by atoms with E-state index in [-0.39, 0.29) is 18.4 Å². The van der Waals surface area contributed by atoms with Crippen LogP contribution in [0.2, 0.25) is 0 Å². The molecule has 2 aromatic carbocycles. The van der Waals surface area contributed by atoms with Crippen molar-refractivity contribution in [3.05, 3.63) is 65.9 Å². The molecule has 0 spiro atoms. The zero-order valence-electron chi connectivity index (χ0n) is 18.4. The first kappa shape index (κ1) is 22.8. The lowest BCUT2D eigenvalue weighted by molar-refractivity contribution is -0.139. The Morgan fingerprint density at radius 1 is 1.27 bits per heavy atom. The van der Waals surface area contributed by atoms with Gasteiger partial charge in [-0.15, -0.1) is 0 Å². The summed E-state index contributed by atoms with van der Waals surface area (Å²) < 4.78 is 24.6. The molecule has 1 N–H and O–H groups in total. The van der Waals surface area contributed by atoms with E-state index < -0.39 is 18.7 Å². The summed E-state index contributed by atoms with van der Waals surface area (Å²) in [6.45, 7) is 0.986. The topological polar surface area (TPSA) is 83.2 Å². The number of hydrogen-bond donors (Lipinski definition) is 1. The Labute approximate surface area is 191 Å². The zero-order valence-corrected chi connectivity index (χ0v) is 18.4. The van der Waals surface area contributed by atoms with Crippen LogP contribution in [0.5, 0.6) is 5.75 Å². The monoisotopic (exact) mass is 454 g/mol. The van der Waals surface area contributed by atoms with Crippen molar-refractivity contribution in [1.29, 1.82) is 0 Å². The second-order valence-corrected chi connectivity index (χ2v) is 8.35. The van der Waals surface area contributed by atoms with Crippen molar-refractivity contribution in [2.45, 2.75) is 25.1 Å². The molecular formula is C25H27FN2O5. The third kappa shape index (κ3) is 5.51. The maximum absolute atomic E-state index is 13.8. The highest BCUT2D eigenvalue weighted by Crippen LogP contribution is 2.28. The summed E-state index contributed by atoms with van der Waals surface area (Å²) in [5.41, 5.74) is 2.41. The lowest BCUT2D eigenvalue weighted by atomic mass is 10.0. The molecule has 1 fully saturated rings. The maximum atomic E-state index is 13.8. The molecule has 8 heteroatoms. The molecule has 0 radical (unpaired) electrons. The number of benzene rings is 2. The van der Waals surface area contributed by atoms with E-state index in [0.717, 1.165) is 22.1 Å². The van der Waals surface area contributed by atoms with Gasteiger partial charge in [0.1, 0.15) is 17.5 Å². The number of halogens is 1. The van der Waals surface area contributed by atoms with Crippen molar-refractivity contribution in [3.63, 3.8) is 0 Å². The Kier molecular flexibility index (Phi) is 6.93. The van der Waals surface area contributed by atoms with Gasteiger partial charge in [-0.3, -0.25) is 9.69 Å². The van der Waals surface area contributed by atoms with Crippen LogP contribution >= 0.6 is 0 Å². The highest BCUT2D eigenvalue weighted by Gasteiger charge is 2.29. The smallest absolute Gasteiger partial charge is 0.341 e. The van der Waals surface area contributed by atoms with E-state index in [1.165, 1.54) is 0 Å². The summed E-state index contributed by atoms with van der Waals surface area (Å²) in [5, 5.41) is 9.80. The number of likely N-dealkylation sites (N-methyl/N-ethyl adjacent to an activating group) is 1. The van der Waals surface area contributed by atoms with Crippen molar-refractivity contribution in [3.8, 4) is 5.75 Å². The molecule has 0 aliphatic carbocycles.